The molecule has 3 aromatic carbocycles. The van der Waals surface area contributed by atoms with Gasteiger partial charge in [-0.05, 0) is 60.2 Å². The molecule has 0 saturated heterocycles. The first-order valence-corrected chi connectivity index (χ1v) is 12.4. The second-order valence-corrected chi connectivity index (χ2v) is 8.73. The molecule has 0 saturated carbocycles. The Balaban J connectivity index is 1.45. The fourth-order valence-electron chi connectivity index (χ4n) is 3.45. The third-order valence-corrected chi connectivity index (χ3v) is 6.10. The molecular weight excluding hydrogens is 506 g/mol. The lowest BCUT2D eigenvalue weighted by Crippen LogP contribution is -2.20. The molecule has 194 valence electrons. The van der Waals surface area contributed by atoms with Crippen LogP contribution in [-0.4, -0.2) is 52.8 Å². The van der Waals surface area contributed by atoms with E-state index in [0.29, 0.717) is 28.0 Å². The lowest BCUT2D eigenvalue weighted by molar-refractivity contribution is -0.132. The first kappa shape index (κ1) is 26.4. The summed E-state index contributed by atoms with van der Waals surface area (Å²) in [5.41, 5.74) is 4.89. The van der Waals surface area contributed by atoms with E-state index in [1.54, 1.807) is 25.3 Å². The second kappa shape index (κ2) is 12.5. The Morgan fingerprint density at radius 3 is 2.42 bits per heavy atom. The van der Waals surface area contributed by atoms with Gasteiger partial charge in [-0.15, -0.1) is 10.2 Å². The number of carbonyl (C=O) groups excluding carboxylic acids is 2. The number of hydrogen-bond acceptors (Lipinski definition) is 9. The monoisotopic (exact) mass is 531 g/mol. The Hall–Kier alpha value is -4.64. The average Bonchev–Trinajstić information content (AvgIpc) is 3.37. The van der Waals surface area contributed by atoms with Crippen molar-refractivity contribution in [2.24, 2.45) is 5.10 Å². The molecule has 38 heavy (non-hydrogen) atoms. The molecule has 0 spiro atoms. The maximum Gasteiger partial charge on any atom is 0.308 e. The van der Waals surface area contributed by atoms with Crippen molar-refractivity contribution in [3.8, 4) is 34.3 Å². The standard InChI is InChI=1S/C27H25N5O5S/c1-18(33)37-23-14-9-19(15-24(23)36-3)16-28-29-25(34)17-38-27-31-30-26(20-10-12-22(35-2)13-11-20)32(27)21-7-5-4-6-8-21/h4-16H,17H2,1-3H3,(H,29,34)/b28-16+. The number of ether oxygens (including phenoxy) is 3. The number of methoxy groups -OCH3 is 2. The number of rotatable bonds is 10. The van der Waals surface area contributed by atoms with E-state index in [2.05, 4.69) is 20.7 Å². The number of esters is 1. The van der Waals surface area contributed by atoms with Crippen molar-refractivity contribution in [2.75, 3.05) is 20.0 Å². The minimum Gasteiger partial charge on any atom is -0.497 e. The van der Waals surface area contributed by atoms with E-state index < -0.39 is 5.97 Å². The van der Waals surface area contributed by atoms with Crippen LogP contribution in [0.5, 0.6) is 17.2 Å². The first-order chi connectivity index (χ1) is 18.5. The van der Waals surface area contributed by atoms with Gasteiger partial charge < -0.3 is 14.2 Å². The topological polar surface area (TPSA) is 117 Å². The number of benzene rings is 3. The van der Waals surface area contributed by atoms with Crippen molar-refractivity contribution < 1.29 is 23.8 Å². The third kappa shape index (κ3) is 6.56. The highest BCUT2D eigenvalue weighted by Crippen LogP contribution is 2.29. The molecule has 1 heterocycles. The van der Waals surface area contributed by atoms with Gasteiger partial charge in [-0.2, -0.15) is 5.10 Å². The number of thioether (sulfide) groups is 1. The van der Waals surface area contributed by atoms with E-state index in [9.17, 15) is 9.59 Å². The molecule has 4 aromatic rings. The minimum absolute atomic E-state index is 0.0691. The summed E-state index contributed by atoms with van der Waals surface area (Å²) in [6.45, 7) is 1.31. The van der Waals surface area contributed by atoms with E-state index in [4.69, 9.17) is 14.2 Å². The van der Waals surface area contributed by atoms with Crippen LogP contribution in [-0.2, 0) is 9.59 Å². The molecule has 0 atom stereocenters. The fraction of sp³-hybridized carbons (Fsp3) is 0.148. The highest BCUT2D eigenvalue weighted by Gasteiger charge is 2.17. The Labute approximate surface area is 223 Å². The van der Waals surface area contributed by atoms with Gasteiger partial charge >= 0.3 is 5.97 Å². The summed E-state index contributed by atoms with van der Waals surface area (Å²) >= 11 is 1.24. The van der Waals surface area contributed by atoms with Crippen LogP contribution in [0.15, 0.2) is 83.1 Å². The van der Waals surface area contributed by atoms with Crippen LogP contribution in [0.25, 0.3) is 17.1 Å². The Bertz CT molecular complexity index is 1440. The third-order valence-electron chi connectivity index (χ3n) is 5.17. The number of amides is 1. The van der Waals surface area contributed by atoms with Crippen LogP contribution in [0.2, 0.25) is 0 Å². The molecule has 4 rings (SSSR count). The zero-order chi connectivity index (χ0) is 26.9. The summed E-state index contributed by atoms with van der Waals surface area (Å²) < 4.78 is 17.5. The number of hydrogen-bond donors (Lipinski definition) is 1. The molecule has 0 aliphatic carbocycles. The van der Waals surface area contributed by atoms with Gasteiger partial charge in [-0.25, -0.2) is 5.43 Å². The number of nitrogens with zero attached hydrogens (tertiary/aromatic N) is 4. The summed E-state index contributed by atoms with van der Waals surface area (Å²) in [7, 11) is 3.08. The van der Waals surface area contributed by atoms with Gasteiger partial charge in [0.25, 0.3) is 5.91 Å². The van der Waals surface area contributed by atoms with Gasteiger partial charge in [0.15, 0.2) is 22.5 Å². The Kier molecular flexibility index (Phi) is 8.73. The highest BCUT2D eigenvalue weighted by molar-refractivity contribution is 7.99. The minimum atomic E-state index is -0.450. The molecule has 10 nitrogen and oxygen atoms in total. The molecular formula is C27H25N5O5S. The zero-order valence-electron chi connectivity index (χ0n) is 21.0. The molecule has 1 N–H and O–H groups in total. The van der Waals surface area contributed by atoms with E-state index in [1.807, 2.05) is 59.2 Å². The number of carbonyl (C=O) groups is 2. The second-order valence-electron chi connectivity index (χ2n) is 7.79. The summed E-state index contributed by atoms with van der Waals surface area (Å²) in [6.07, 6.45) is 1.47. The molecule has 11 heteroatoms. The van der Waals surface area contributed by atoms with E-state index in [-0.39, 0.29) is 11.7 Å². The summed E-state index contributed by atoms with van der Waals surface area (Å²) in [5, 5.41) is 13.3. The Morgan fingerprint density at radius 2 is 1.74 bits per heavy atom. The molecule has 0 bridgehead atoms. The van der Waals surface area contributed by atoms with Crippen molar-refractivity contribution in [1.82, 2.24) is 20.2 Å². The summed E-state index contributed by atoms with van der Waals surface area (Å²) in [6, 6.07) is 22.1. The molecule has 1 aromatic heterocycles. The van der Waals surface area contributed by atoms with E-state index >= 15 is 0 Å². The molecule has 0 unspecified atom stereocenters. The van der Waals surface area contributed by atoms with Gasteiger partial charge in [0, 0.05) is 18.2 Å². The molecule has 0 radical (unpaired) electrons. The predicted octanol–water partition coefficient (Wildman–Crippen LogP) is 4.12. The quantitative estimate of drug-likeness (QED) is 0.107. The van der Waals surface area contributed by atoms with Crippen molar-refractivity contribution >= 4 is 29.9 Å². The number of para-hydroxylation sites is 1. The normalized spacial score (nSPS) is 10.8. The SMILES string of the molecule is COc1ccc(-c2nnc(SCC(=O)N/N=C/c3ccc(OC(C)=O)c(OC)c3)n2-c2ccccc2)cc1. The van der Waals surface area contributed by atoms with Gasteiger partial charge in [0.2, 0.25) is 0 Å². The van der Waals surface area contributed by atoms with Gasteiger partial charge in [-0.1, -0.05) is 30.0 Å². The van der Waals surface area contributed by atoms with Crippen LogP contribution >= 0.6 is 11.8 Å². The van der Waals surface area contributed by atoms with Crippen LogP contribution < -0.4 is 19.6 Å². The van der Waals surface area contributed by atoms with E-state index in [1.165, 1.54) is 32.0 Å². The summed E-state index contributed by atoms with van der Waals surface area (Å²) in [5.74, 6) is 1.36. The van der Waals surface area contributed by atoms with Gasteiger partial charge in [0.1, 0.15) is 5.75 Å². The molecule has 0 aliphatic rings. The average molecular weight is 532 g/mol. The largest absolute Gasteiger partial charge is 0.497 e. The van der Waals surface area contributed by atoms with Crippen LogP contribution in [0.3, 0.4) is 0 Å². The highest BCUT2D eigenvalue weighted by atomic mass is 32.2. The van der Waals surface area contributed by atoms with Crippen LogP contribution in [0.1, 0.15) is 12.5 Å². The summed E-state index contributed by atoms with van der Waals surface area (Å²) in [4.78, 5) is 23.7. The van der Waals surface area contributed by atoms with Crippen LogP contribution in [0, 0.1) is 0 Å². The van der Waals surface area contributed by atoms with E-state index in [0.717, 1.165) is 17.0 Å². The first-order valence-electron chi connectivity index (χ1n) is 11.4. The smallest absolute Gasteiger partial charge is 0.308 e. The zero-order valence-corrected chi connectivity index (χ0v) is 21.8. The number of nitrogens with one attached hydrogen (secondary N) is 1. The fourth-order valence-corrected chi connectivity index (χ4v) is 4.19. The number of hydrazone groups is 1. The molecule has 0 aliphatic heterocycles. The van der Waals surface area contributed by atoms with Gasteiger partial charge in [0.05, 0.1) is 26.2 Å². The number of aromatic nitrogens is 3. The lowest BCUT2D eigenvalue weighted by Gasteiger charge is -2.10. The van der Waals surface area contributed by atoms with Crippen molar-refractivity contribution in [3.05, 3.63) is 78.4 Å². The Morgan fingerprint density at radius 1 is 0.974 bits per heavy atom. The van der Waals surface area contributed by atoms with Crippen molar-refractivity contribution in [3.63, 3.8) is 0 Å². The molecule has 0 fully saturated rings. The maximum absolute atomic E-state index is 12.5. The lowest BCUT2D eigenvalue weighted by atomic mass is 10.2. The van der Waals surface area contributed by atoms with Crippen LogP contribution in [0.4, 0.5) is 0 Å². The predicted molar refractivity (Wildman–Crippen MR) is 144 cm³/mol. The van der Waals surface area contributed by atoms with Crippen molar-refractivity contribution in [2.45, 2.75) is 12.1 Å². The molecule has 1 amide bonds. The maximum atomic E-state index is 12.5. The van der Waals surface area contributed by atoms with Gasteiger partial charge in [-0.3, -0.25) is 14.2 Å². The van der Waals surface area contributed by atoms with Crippen molar-refractivity contribution in [1.29, 1.82) is 0 Å².